The monoisotopic (exact) mass is 222 g/mol. The molecule has 5 heteroatoms. The van der Waals surface area contributed by atoms with E-state index in [1.807, 2.05) is 6.92 Å². The third-order valence-corrected chi connectivity index (χ3v) is 2.39. The van der Waals surface area contributed by atoms with E-state index in [1.54, 1.807) is 0 Å². The van der Waals surface area contributed by atoms with E-state index in [1.165, 1.54) is 12.1 Å². The minimum Gasteiger partial charge on any atom is -0.307 e. The lowest BCUT2D eigenvalue weighted by atomic mass is 10.2. The Labute approximate surface area is 90.3 Å². The summed E-state index contributed by atoms with van der Waals surface area (Å²) in [5, 5.41) is 0.328. The van der Waals surface area contributed by atoms with Crippen LogP contribution in [0.4, 0.5) is 4.39 Å². The molecule has 0 saturated carbocycles. The van der Waals surface area contributed by atoms with Gasteiger partial charge < -0.3 is 4.98 Å². The molecule has 0 radical (unpaired) electrons. The van der Waals surface area contributed by atoms with Gasteiger partial charge in [0.25, 0.3) is 5.56 Å². The van der Waals surface area contributed by atoms with Crippen molar-refractivity contribution in [3.63, 3.8) is 0 Å². The Morgan fingerprint density at radius 3 is 2.81 bits per heavy atom. The molecule has 1 aromatic carbocycles. The van der Waals surface area contributed by atoms with Gasteiger partial charge in [-0.25, -0.2) is 9.18 Å². The highest BCUT2D eigenvalue weighted by Gasteiger charge is 2.06. The number of nitrogens with zero attached hydrogens (tertiary/aromatic N) is 1. The third-order valence-electron chi connectivity index (χ3n) is 2.39. The molecule has 1 aromatic heterocycles. The highest BCUT2D eigenvalue weighted by molar-refractivity contribution is 5.77. The SMILES string of the molecule is CCCn1c(=O)[nH]c2cc(F)ccc2c1=O. The molecular weight excluding hydrogens is 211 g/mol. The van der Waals surface area contributed by atoms with E-state index in [-0.39, 0.29) is 11.1 Å². The molecule has 0 unspecified atom stereocenters. The van der Waals surface area contributed by atoms with Gasteiger partial charge in [-0.3, -0.25) is 9.36 Å². The van der Waals surface area contributed by atoms with Gasteiger partial charge in [0, 0.05) is 6.54 Å². The van der Waals surface area contributed by atoms with Gasteiger partial charge in [0.15, 0.2) is 0 Å². The van der Waals surface area contributed by atoms with E-state index < -0.39 is 11.5 Å². The number of benzene rings is 1. The minimum atomic E-state index is -0.495. The molecule has 1 heterocycles. The molecule has 2 rings (SSSR count). The van der Waals surface area contributed by atoms with Crippen LogP contribution in [0, 0.1) is 5.82 Å². The number of fused-ring (bicyclic) bond motifs is 1. The maximum Gasteiger partial charge on any atom is 0.328 e. The van der Waals surface area contributed by atoms with Crippen molar-refractivity contribution in [3.8, 4) is 0 Å². The highest BCUT2D eigenvalue weighted by atomic mass is 19.1. The molecule has 0 spiro atoms. The Kier molecular flexibility index (Phi) is 2.60. The largest absolute Gasteiger partial charge is 0.328 e. The molecule has 0 amide bonds. The number of nitrogens with one attached hydrogen (secondary N) is 1. The second kappa shape index (κ2) is 3.92. The van der Waals surface area contributed by atoms with Crippen LogP contribution in [0.15, 0.2) is 27.8 Å². The smallest absolute Gasteiger partial charge is 0.307 e. The summed E-state index contributed by atoms with van der Waals surface area (Å²) >= 11 is 0. The van der Waals surface area contributed by atoms with Crippen molar-refractivity contribution in [2.75, 3.05) is 0 Å². The zero-order valence-corrected chi connectivity index (χ0v) is 8.79. The van der Waals surface area contributed by atoms with Crippen LogP contribution in [-0.4, -0.2) is 9.55 Å². The van der Waals surface area contributed by atoms with Crippen molar-refractivity contribution in [2.24, 2.45) is 0 Å². The fraction of sp³-hybridized carbons (Fsp3) is 0.273. The van der Waals surface area contributed by atoms with Crippen LogP contribution in [0.25, 0.3) is 10.9 Å². The molecule has 84 valence electrons. The van der Waals surface area contributed by atoms with E-state index in [0.717, 1.165) is 10.6 Å². The predicted molar refractivity (Wildman–Crippen MR) is 59.1 cm³/mol. The van der Waals surface area contributed by atoms with Gasteiger partial charge in [-0.05, 0) is 24.6 Å². The summed E-state index contributed by atoms with van der Waals surface area (Å²) in [6, 6.07) is 3.74. The van der Waals surface area contributed by atoms with Crippen molar-refractivity contribution >= 4 is 10.9 Å². The van der Waals surface area contributed by atoms with E-state index in [2.05, 4.69) is 4.98 Å². The van der Waals surface area contributed by atoms with Crippen molar-refractivity contribution in [3.05, 3.63) is 44.9 Å². The molecule has 4 nitrogen and oxygen atoms in total. The second-order valence-corrected chi connectivity index (χ2v) is 3.58. The Balaban J connectivity index is 2.84. The Morgan fingerprint density at radius 2 is 2.12 bits per heavy atom. The Morgan fingerprint density at radius 1 is 1.38 bits per heavy atom. The van der Waals surface area contributed by atoms with Gasteiger partial charge in [-0.2, -0.15) is 0 Å². The van der Waals surface area contributed by atoms with Crippen LogP contribution in [0.3, 0.4) is 0 Å². The number of aromatic amines is 1. The molecule has 0 aliphatic heterocycles. The first-order valence-electron chi connectivity index (χ1n) is 5.06. The van der Waals surface area contributed by atoms with Crippen LogP contribution in [-0.2, 0) is 6.54 Å². The first-order chi connectivity index (χ1) is 7.63. The summed E-state index contributed by atoms with van der Waals surface area (Å²) in [6.45, 7) is 2.24. The third kappa shape index (κ3) is 1.64. The number of aromatic nitrogens is 2. The molecule has 0 fully saturated rings. The fourth-order valence-electron chi connectivity index (χ4n) is 1.65. The fourth-order valence-corrected chi connectivity index (χ4v) is 1.65. The van der Waals surface area contributed by atoms with Gasteiger partial charge in [0.1, 0.15) is 5.82 Å². The summed E-state index contributed by atoms with van der Waals surface area (Å²) < 4.78 is 14.0. The van der Waals surface area contributed by atoms with Crippen LogP contribution in [0.2, 0.25) is 0 Å². The van der Waals surface area contributed by atoms with Crippen LogP contribution in [0.1, 0.15) is 13.3 Å². The van der Waals surface area contributed by atoms with Crippen molar-refractivity contribution < 1.29 is 4.39 Å². The normalized spacial score (nSPS) is 10.9. The maximum absolute atomic E-state index is 12.9. The van der Waals surface area contributed by atoms with Crippen LogP contribution in [0.5, 0.6) is 0 Å². The van der Waals surface area contributed by atoms with Crippen LogP contribution < -0.4 is 11.2 Å². The topological polar surface area (TPSA) is 54.9 Å². The van der Waals surface area contributed by atoms with E-state index in [4.69, 9.17) is 0 Å². The summed E-state index contributed by atoms with van der Waals surface area (Å²) in [6.07, 6.45) is 0.690. The van der Waals surface area contributed by atoms with Crippen molar-refractivity contribution in [1.82, 2.24) is 9.55 Å². The molecule has 2 aromatic rings. The van der Waals surface area contributed by atoms with Crippen LogP contribution >= 0.6 is 0 Å². The molecule has 1 N–H and O–H groups in total. The Hall–Kier alpha value is -1.91. The second-order valence-electron chi connectivity index (χ2n) is 3.58. The summed E-state index contributed by atoms with van der Waals surface area (Å²) in [7, 11) is 0. The minimum absolute atomic E-state index is 0.238. The quantitative estimate of drug-likeness (QED) is 0.831. The summed E-state index contributed by atoms with van der Waals surface area (Å²) in [4.78, 5) is 25.9. The standard InChI is InChI=1S/C11H11FN2O2/c1-2-5-14-10(15)8-4-3-7(12)6-9(8)13-11(14)16/h3-4,6H,2,5H2,1H3,(H,13,16). The molecule has 16 heavy (non-hydrogen) atoms. The van der Waals surface area contributed by atoms with E-state index in [0.29, 0.717) is 18.4 Å². The van der Waals surface area contributed by atoms with Crippen molar-refractivity contribution in [2.45, 2.75) is 19.9 Å². The summed E-state index contributed by atoms with van der Waals surface area (Å²) in [5.74, 6) is -0.476. The predicted octanol–water partition coefficient (Wildman–Crippen LogP) is 1.24. The van der Waals surface area contributed by atoms with E-state index >= 15 is 0 Å². The average molecular weight is 222 g/mol. The van der Waals surface area contributed by atoms with Gasteiger partial charge >= 0.3 is 5.69 Å². The lowest BCUT2D eigenvalue weighted by Gasteiger charge is -2.04. The number of halogens is 1. The Bertz CT molecular complexity index is 642. The molecule has 0 atom stereocenters. The van der Waals surface area contributed by atoms with Gasteiger partial charge in [0.2, 0.25) is 0 Å². The lowest BCUT2D eigenvalue weighted by Crippen LogP contribution is -2.34. The molecule has 0 saturated heterocycles. The zero-order valence-electron chi connectivity index (χ0n) is 8.79. The first kappa shape index (κ1) is 10.6. The number of hydrogen-bond donors (Lipinski definition) is 1. The molecule has 0 aliphatic carbocycles. The van der Waals surface area contributed by atoms with Gasteiger partial charge in [-0.1, -0.05) is 6.92 Å². The number of hydrogen-bond acceptors (Lipinski definition) is 2. The first-order valence-corrected chi connectivity index (χ1v) is 5.06. The van der Waals surface area contributed by atoms with Gasteiger partial charge in [-0.15, -0.1) is 0 Å². The molecular formula is C11H11FN2O2. The maximum atomic E-state index is 12.9. The number of H-pyrrole nitrogens is 1. The number of rotatable bonds is 2. The van der Waals surface area contributed by atoms with Crippen molar-refractivity contribution in [1.29, 1.82) is 0 Å². The summed E-state index contributed by atoms with van der Waals surface area (Å²) in [5.41, 5.74) is -0.632. The molecule has 0 bridgehead atoms. The average Bonchev–Trinajstić information content (AvgIpc) is 2.23. The lowest BCUT2D eigenvalue weighted by molar-refractivity contribution is 0.618. The zero-order chi connectivity index (χ0) is 11.7. The van der Waals surface area contributed by atoms with E-state index in [9.17, 15) is 14.0 Å². The highest BCUT2D eigenvalue weighted by Crippen LogP contribution is 2.07. The molecule has 0 aliphatic rings. The van der Waals surface area contributed by atoms with Gasteiger partial charge in [0.05, 0.1) is 10.9 Å².